The van der Waals surface area contributed by atoms with Crippen molar-refractivity contribution in [3.05, 3.63) is 71.8 Å². The van der Waals surface area contributed by atoms with Gasteiger partial charge in [-0.25, -0.2) is 4.79 Å². The summed E-state index contributed by atoms with van der Waals surface area (Å²) < 4.78 is 0. The lowest BCUT2D eigenvalue weighted by Crippen LogP contribution is -2.56. The highest BCUT2D eigenvalue weighted by Gasteiger charge is 2.27. The number of nitrogens with two attached hydrogens (primary N) is 1. The molecule has 0 heterocycles. The minimum Gasteiger partial charge on any atom is -0.480 e. The maximum absolute atomic E-state index is 12.8. The van der Waals surface area contributed by atoms with Crippen molar-refractivity contribution in [3.63, 3.8) is 0 Å². The summed E-state index contributed by atoms with van der Waals surface area (Å²) in [6.45, 7) is 0.871. The standard InChI is InChI=1S/C24H30N4O6/c1-15(29)21(25)23(32)28-18(12-16-8-4-2-5-9-16)22(31)26-14-20(30)27-19(24(33)34)13-17-10-6-3-7-11-17/h2-11,15,18-19,21,29H,12-14,25H2,1H3,(H,26,31)(H,27,30)(H,28,32)(H,33,34). The highest BCUT2D eigenvalue weighted by atomic mass is 16.4. The van der Waals surface area contributed by atoms with Crippen LogP contribution in [0.25, 0.3) is 0 Å². The number of amides is 3. The zero-order valence-electron chi connectivity index (χ0n) is 18.8. The molecule has 0 saturated heterocycles. The van der Waals surface area contributed by atoms with Crippen molar-refractivity contribution < 1.29 is 29.4 Å². The summed E-state index contributed by atoms with van der Waals surface area (Å²) in [5, 5.41) is 26.3. The minimum absolute atomic E-state index is 0.0831. The van der Waals surface area contributed by atoms with Gasteiger partial charge in [-0.2, -0.15) is 0 Å². The molecule has 0 radical (unpaired) electrons. The Bertz CT molecular complexity index is 968. The molecule has 2 rings (SSSR count). The first-order valence-corrected chi connectivity index (χ1v) is 10.8. The summed E-state index contributed by atoms with van der Waals surface area (Å²) in [6, 6.07) is 14.3. The fourth-order valence-electron chi connectivity index (χ4n) is 3.13. The van der Waals surface area contributed by atoms with Gasteiger partial charge in [0.2, 0.25) is 17.7 Å². The second-order valence-corrected chi connectivity index (χ2v) is 7.88. The molecule has 182 valence electrons. The summed E-state index contributed by atoms with van der Waals surface area (Å²) in [4.78, 5) is 48.9. The van der Waals surface area contributed by atoms with E-state index in [0.29, 0.717) is 0 Å². The van der Waals surface area contributed by atoms with Gasteiger partial charge in [-0.15, -0.1) is 0 Å². The second kappa shape index (κ2) is 13.1. The van der Waals surface area contributed by atoms with E-state index in [0.717, 1.165) is 11.1 Å². The molecule has 0 aromatic heterocycles. The molecule has 0 aliphatic rings. The van der Waals surface area contributed by atoms with Crippen LogP contribution in [0, 0.1) is 0 Å². The average Bonchev–Trinajstić information content (AvgIpc) is 2.82. The Morgan fingerprint density at radius 1 is 0.824 bits per heavy atom. The fourth-order valence-corrected chi connectivity index (χ4v) is 3.13. The molecule has 0 aliphatic heterocycles. The van der Waals surface area contributed by atoms with E-state index in [1.54, 1.807) is 60.7 Å². The number of carbonyl (C=O) groups is 4. The number of benzene rings is 2. The van der Waals surface area contributed by atoms with Crippen LogP contribution in [-0.2, 0) is 32.0 Å². The summed E-state index contributed by atoms with van der Waals surface area (Å²) in [5.74, 6) is -3.27. The number of carboxylic acids is 1. The van der Waals surface area contributed by atoms with Crippen molar-refractivity contribution >= 4 is 23.7 Å². The topological polar surface area (TPSA) is 171 Å². The van der Waals surface area contributed by atoms with Gasteiger partial charge < -0.3 is 31.9 Å². The lowest BCUT2D eigenvalue weighted by molar-refractivity contribution is -0.141. The van der Waals surface area contributed by atoms with E-state index in [-0.39, 0.29) is 12.8 Å². The predicted octanol–water partition coefficient (Wildman–Crippen LogP) is -0.650. The van der Waals surface area contributed by atoms with E-state index in [1.807, 2.05) is 0 Å². The van der Waals surface area contributed by atoms with E-state index in [9.17, 15) is 29.4 Å². The van der Waals surface area contributed by atoms with E-state index in [4.69, 9.17) is 5.73 Å². The van der Waals surface area contributed by atoms with Gasteiger partial charge in [-0.1, -0.05) is 60.7 Å². The first-order chi connectivity index (χ1) is 16.2. The number of aliphatic hydroxyl groups excluding tert-OH is 1. The molecule has 7 N–H and O–H groups in total. The van der Waals surface area contributed by atoms with Crippen LogP contribution < -0.4 is 21.7 Å². The number of carboxylic acid groups (broad SMARTS) is 1. The van der Waals surface area contributed by atoms with Crippen LogP contribution in [0.5, 0.6) is 0 Å². The van der Waals surface area contributed by atoms with Crippen LogP contribution in [0.2, 0.25) is 0 Å². The van der Waals surface area contributed by atoms with Gasteiger partial charge in [0.15, 0.2) is 0 Å². The lowest BCUT2D eigenvalue weighted by atomic mass is 10.0. The molecule has 0 bridgehead atoms. The van der Waals surface area contributed by atoms with Crippen LogP contribution in [0.1, 0.15) is 18.1 Å². The van der Waals surface area contributed by atoms with Crippen LogP contribution in [0.4, 0.5) is 0 Å². The number of carbonyl (C=O) groups excluding carboxylic acids is 3. The Morgan fingerprint density at radius 3 is 1.79 bits per heavy atom. The molecule has 4 atom stereocenters. The van der Waals surface area contributed by atoms with Crippen LogP contribution in [0.15, 0.2) is 60.7 Å². The van der Waals surface area contributed by atoms with E-state index >= 15 is 0 Å². The normalized spacial score (nSPS) is 14.2. The van der Waals surface area contributed by atoms with Crippen molar-refractivity contribution in [2.75, 3.05) is 6.54 Å². The van der Waals surface area contributed by atoms with Gasteiger partial charge in [0, 0.05) is 12.8 Å². The number of aliphatic hydroxyl groups is 1. The third kappa shape index (κ3) is 8.64. The SMILES string of the molecule is CC(O)C(N)C(=O)NC(Cc1ccccc1)C(=O)NCC(=O)NC(Cc1ccccc1)C(=O)O. The molecule has 0 fully saturated rings. The van der Waals surface area contributed by atoms with Crippen molar-refractivity contribution in [2.24, 2.45) is 5.73 Å². The van der Waals surface area contributed by atoms with Gasteiger partial charge in [0.05, 0.1) is 12.6 Å². The number of rotatable bonds is 12. The molecule has 0 spiro atoms. The summed E-state index contributed by atoms with van der Waals surface area (Å²) in [5.41, 5.74) is 7.15. The predicted molar refractivity (Wildman–Crippen MR) is 124 cm³/mol. The molecule has 4 unspecified atom stereocenters. The smallest absolute Gasteiger partial charge is 0.326 e. The molecule has 10 heteroatoms. The molecule has 34 heavy (non-hydrogen) atoms. The molecular weight excluding hydrogens is 440 g/mol. The summed E-state index contributed by atoms with van der Waals surface area (Å²) in [7, 11) is 0. The van der Waals surface area contributed by atoms with Gasteiger partial charge >= 0.3 is 5.97 Å². The lowest BCUT2D eigenvalue weighted by Gasteiger charge is -2.22. The monoisotopic (exact) mass is 470 g/mol. The molecule has 2 aromatic carbocycles. The minimum atomic E-state index is -1.23. The number of aliphatic carboxylic acids is 1. The van der Waals surface area contributed by atoms with Gasteiger partial charge in [-0.3, -0.25) is 14.4 Å². The average molecular weight is 471 g/mol. The highest BCUT2D eigenvalue weighted by molar-refractivity contribution is 5.93. The largest absolute Gasteiger partial charge is 0.480 e. The number of hydrogen-bond acceptors (Lipinski definition) is 6. The van der Waals surface area contributed by atoms with Crippen LogP contribution in [-0.4, -0.2) is 64.7 Å². The first-order valence-electron chi connectivity index (χ1n) is 10.8. The number of hydrogen-bond donors (Lipinski definition) is 6. The van der Waals surface area contributed by atoms with Crippen molar-refractivity contribution in [1.82, 2.24) is 16.0 Å². The fraction of sp³-hybridized carbons (Fsp3) is 0.333. The van der Waals surface area contributed by atoms with Gasteiger partial charge in [0.1, 0.15) is 18.1 Å². The molecule has 2 aromatic rings. The highest BCUT2D eigenvalue weighted by Crippen LogP contribution is 2.05. The Labute approximate surface area is 197 Å². The molecule has 3 amide bonds. The Balaban J connectivity index is 2.00. The van der Waals surface area contributed by atoms with Crippen molar-refractivity contribution in [3.8, 4) is 0 Å². The number of nitrogens with one attached hydrogen (secondary N) is 3. The van der Waals surface area contributed by atoms with Crippen molar-refractivity contribution in [2.45, 2.75) is 44.0 Å². The van der Waals surface area contributed by atoms with Gasteiger partial charge in [0.25, 0.3) is 0 Å². The maximum atomic E-state index is 12.8. The molecule has 10 nitrogen and oxygen atoms in total. The van der Waals surface area contributed by atoms with Crippen LogP contribution in [0.3, 0.4) is 0 Å². The summed E-state index contributed by atoms with van der Waals surface area (Å²) in [6.07, 6.45) is -0.915. The zero-order valence-corrected chi connectivity index (χ0v) is 18.8. The quantitative estimate of drug-likeness (QED) is 0.239. The summed E-state index contributed by atoms with van der Waals surface area (Å²) >= 11 is 0. The third-order valence-corrected chi connectivity index (χ3v) is 5.08. The van der Waals surface area contributed by atoms with Crippen LogP contribution >= 0.6 is 0 Å². The van der Waals surface area contributed by atoms with E-state index in [2.05, 4.69) is 16.0 Å². The molecule has 0 aliphatic carbocycles. The Morgan fingerprint density at radius 2 is 1.32 bits per heavy atom. The molecular formula is C24H30N4O6. The van der Waals surface area contributed by atoms with E-state index in [1.165, 1.54) is 6.92 Å². The van der Waals surface area contributed by atoms with Gasteiger partial charge in [-0.05, 0) is 18.1 Å². The first kappa shape index (κ1) is 26.5. The van der Waals surface area contributed by atoms with Crippen molar-refractivity contribution in [1.29, 1.82) is 0 Å². The second-order valence-electron chi connectivity index (χ2n) is 7.88. The Kier molecular flexibility index (Phi) is 10.2. The molecule has 0 saturated carbocycles. The zero-order chi connectivity index (χ0) is 25.1. The van der Waals surface area contributed by atoms with E-state index < -0.39 is 54.5 Å². The maximum Gasteiger partial charge on any atom is 0.326 e. The Hall–Kier alpha value is -3.76. The third-order valence-electron chi connectivity index (χ3n) is 5.08.